The minimum atomic E-state index is 0.483. The molecule has 1 N–H and O–H groups in total. The minimum Gasteiger partial charge on any atom is -0.316 e. The maximum Gasteiger partial charge on any atom is 0.00737 e. The van der Waals surface area contributed by atoms with Gasteiger partial charge < -0.3 is 5.32 Å². The average Bonchev–Trinajstić information content (AvgIpc) is 2.98. The zero-order valence-corrected chi connectivity index (χ0v) is 13.2. The van der Waals surface area contributed by atoms with Gasteiger partial charge in [0, 0.05) is 25.7 Å². The van der Waals surface area contributed by atoms with E-state index < -0.39 is 0 Å². The van der Waals surface area contributed by atoms with Crippen LogP contribution in [0.3, 0.4) is 0 Å². The van der Waals surface area contributed by atoms with Crippen molar-refractivity contribution in [3.05, 3.63) is 35.4 Å². The van der Waals surface area contributed by atoms with Crippen molar-refractivity contribution in [3.63, 3.8) is 0 Å². The molecule has 0 spiro atoms. The van der Waals surface area contributed by atoms with Gasteiger partial charge in [-0.1, -0.05) is 36.8 Å². The molecule has 3 unspecified atom stereocenters. The summed E-state index contributed by atoms with van der Waals surface area (Å²) in [5.74, 6) is 0.726. The van der Waals surface area contributed by atoms with E-state index in [1.54, 1.807) is 0 Å². The van der Waals surface area contributed by atoms with Crippen molar-refractivity contribution in [2.24, 2.45) is 5.41 Å². The standard InChI is InChI=1S/C18H28N2/c1-14-4-6-16(7-5-14)17-10-15(2)20(11-17)13-18(3)8-9-19-12-18/h4-7,15,17,19H,8-13H2,1-3H3. The first-order valence-corrected chi connectivity index (χ1v) is 8.07. The molecular formula is C18H28N2. The number of aryl methyl sites for hydroxylation is 1. The van der Waals surface area contributed by atoms with Crippen LogP contribution in [-0.4, -0.2) is 37.1 Å². The second-order valence-corrected chi connectivity index (χ2v) is 7.36. The van der Waals surface area contributed by atoms with Crippen LogP contribution < -0.4 is 5.32 Å². The summed E-state index contributed by atoms with van der Waals surface area (Å²) in [5, 5.41) is 3.52. The second-order valence-electron chi connectivity index (χ2n) is 7.36. The lowest BCUT2D eigenvalue weighted by Crippen LogP contribution is -2.39. The predicted molar refractivity (Wildman–Crippen MR) is 85.2 cm³/mol. The maximum atomic E-state index is 3.52. The first-order valence-electron chi connectivity index (χ1n) is 8.07. The van der Waals surface area contributed by atoms with Gasteiger partial charge >= 0.3 is 0 Å². The van der Waals surface area contributed by atoms with Crippen LogP contribution in [0.25, 0.3) is 0 Å². The maximum absolute atomic E-state index is 3.52. The predicted octanol–water partition coefficient (Wildman–Crippen LogP) is 3.17. The smallest absolute Gasteiger partial charge is 0.00737 e. The number of nitrogens with zero attached hydrogens (tertiary/aromatic N) is 1. The SMILES string of the molecule is Cc1ccc(C2CC(C)N(CC3(C)CCNC3)C2)cc1. The van der Waals surface area contributed by atoms with Gasteiger partial charge in [-0.3, -0.25) is 4.90 Å². The fourth-order valence-corrected chi connectivity index (χ4v) is 3.89. The highest BCUT2D eigenvalue weighted by atomic mass is 15.2. The molecule has 20 heavy (non-hydrogen) atoms. The molecule has 110 valence electrons. The molecule has 1 aromatic carbocycles. The Balaban J connectivity index is 1.65. The topological polar surface area (TPSA) is 15.3 Å². The molecule has 2 fully saturated rings. The van der Waals surface area contributed by atoms with E-state index in [0.717, 1.165) is 12.0 Å². The monoisotopic (exact) mass is 272 g/mol. The van der Waals surface area contributed by atoms with Gasteiger partial charge in [0.05, 0.1) is 0 Å². The molecule has 0 bridgehead atoms. The van der Waals surface area contributed by atoms with Crippen LogP contribution in [0.4, 0.5) is 0 Å². The van der Waals surface area contributed by atoms with Gasteiger partial charge in [0.1, 0.15) is 0 Å². The van der Waals surface area contributed by atoms with Gasteiger partial charge in [0.2, 0.25) is 0 Å². The molecule has 0 aromatic heterocycles. The third kappa shape index (κ3) is 2.91. The number of benzene rings is 1. The van der Waals surface area contributed by atoms with Gasteiger partial charge in [-0.2, -0.15) is 0 Å². The van der Waals surface area contributed by atoms with Crippen molar-refractivity contribution in [1.82, 2.24) is 10.2 Å². The molecule has 0 amide bonds. The number of hydrogen-bond donors (Lipinski definition) is 1. The van der Waals surface area contributed by atoms with Crippen molar-refractivity contribution in [3.8, 4) is 0 Å². The van der Waals surface area contributed by atoms with Crippen molar-refractivity contribution in [2.75, 3.05) is 26.2 Å². The summed E-state index contributed by atoms with van der Waals surface area (Å²) in [5.41, 5.74) is 3.37. The molecule has 2 heteroatoms. The summed E-state index contributed by atoms with van der Waals surface area (Å²) in [4.78, 5) is 2.72. The number of rotatable bonds is 3. The van der Waals surface area contributed by atoms with Gasteiger partial charge in [0.25, 0.3) is 0 Å². The average molecular weight is 272 g/mol. The molecule has 2 aliphatic rings. The highest BCUT2D eigenvalue weighted by molar-refractivity contribution is 5.26. The molecule has 0 saturated carbocycles. The van der Waals surface area contributed by atoms with Crippen molar-refractivity contribution in [2.45, 2.75) is 45.6 Å². The Labute approximate surface area is 123 Å². The van der Waals surface area contributed by atoms with Crippen molar-refractivity contribution in [1.29, 1.82) is 0 Å². The summed E-state index contributed by atoms with van der Waals surface area (Å²) in [6.45, 7) is 11.9. The van der Waals surface area contributed by atoms with Crippen LogP contribution in [0.15, 0.2) is 24.3 Å². The molecule has 1 aromatic rings. The largest absolute Gasteiger partial charge is 0.316 e. The molecule has 2 heterocycles. The van der Waals surface area contributed by atoms with Crippen LogP contribution in [-0.2, 0) is 0 Å². The number of likely N-dealkylation sites (tertiary alicyclic amines) is 1. The zero-order chi connectivity index (χ0) is 14.2. The van der Waals surface area contributed by atoms with Crippen molar-refractivity contribution < 1.29 is 0 Å². The molecule has 2 nitrogen and oxygen atoms in total. The third-order valence-corrected chi connectivity index (χ3v) is 5.29. The Bertz CT molecular complexity index is 445. The van der Waals surface area contributed by atoms with Gasteiger partial charge in [-0.25, -0.2) is 0 Å². The molecule has 2 saturated heterocycles. The number of nitrogens with one attached hydrogen (secondary N) is 1. The summed E-state index contributed by atoms with van der Waals surface area (Å²) < 4.78 is 0. The number of hydrogen-bond acceptors (Lipinski definition) is 2. The Morgan fingerprint density at radius 1 is 1.30 bits per heavy atom. The summed E-state index contributed by atoms with van der Waals surface area (Å²) >= 11 is 0. The normalized spacial score (nSPS) is 34.8. The van der Waals surface area contributed by atoms with E-state index in [1.165, 1.54) is 50.1 Å². The van der Waals surface area contributed by atoms with E-state index in [0.29, 0.717) is 5.41 Å². The first-order chi connectivity index (χ1) is 9.56. The first kappa shape index (κ1) is 14.1. The fourth-order valence-electron chi connectivity index (χ4n) is 3.89. The Hall–Kier alpha value is -0.860. The fraction of sp³-hybridized carbons (Fsp3) is 0.667. The van der Waals surface area contributed by atoms with E-state index in [4.69, 9.17) is 0 Å². The van der Waals surface area contributed by atoms with Crippen LogP contribution >= 0.6 is 0 Å². The quantitative estimate of drug-likeness (QED) is 0.909. The minimum absolute atomic E-state index is 0.483. The molecule has 2 aliphatic heterocycles. The van der Waals surface area contributed by atoms with Gasteiger partial charge in [0.15, 0.2) is 0 Å². The van der Waals surface area contributed by atoms with E-state index >= 15 is 0 Å². The van der Waals surface area contributed by atoms with Crippen LogP contribution in [0.5, 0.6) is 0 Å². The van der Waals surface area contributed by atoms with Crippen LogP contribution in [0, 0.1) is 12.3 Å². The summed E-state index contributed by atoms with van der Waals surface area (Å²) in [7, 11) is 0. The molecule has 0 aliphatic carbocycles. The third-order valence-electron chi connectivity index (χ3n) is 5.29. The van der Waals surface area contributed by atoms with E-state index in [1.807, 2.05) is 0 Å². The van der Waals surface area contributed by atoms with Crippen LogP contribution in [0.1, 0.15) is 43.7 Å². The summed E-state index contributed by atoms with van der Waals surface area (Å²) in [6.07, 6.45) is 2.64. The summed E-state index contributed by atoms with van der Waals surface area (Å²) in [6, 6.07) is 9.89. The van der Waals surface area contributed by atoms with Gasteiger partial charge in [-0.05, 0) is 50.1 Å². The highest BCUT2D eigenvalue weighted by Crippen LogP contribution is 2.35. The van der Waals surface area contributed by atoms with Crippen LogP contribution in [0.2, 0.25) is 0 Å². The lowest BCUT2D eigenvalue weighted by molar-refractivity contribution is 0.171. The molecule has 3 rings (SSSR count). The molecule has 3 atom stereocenters. The highest BCUT2D eigenvalue weighted by Gasteiger charge is 2.36. The Morgan fingerprint density at radius 3 is 2.70 bits per heavy atom. The Morgan fingerprint density at radius 2 is 2.05 bits per heavy atom. The lowest BCUT2D eigenvalue weighted by atomic mass is 9.89. The van der Waals surface area contributed by atoms with E-state index in [-0.39, 0.29) is 0 Å². The zero-order valence-electron chi connectivity index (χ0n) is 13.2. The molecular weight excluding hydrogens is 244 g/mol. The van der Waals surface area contributed by atoms with E-state index in [2.05, 4.69) is 55.3 Å². The van der Waals surface area contributed by atoms with E-state index in [9.17, 15) is 0 Å². The molecule has 0 radical (unpaired) electrons. The lowest BCUT2D eigenvalue weighted by Gasteiger charge is -2.31. The second kappa shape index (κ2) is 5.50. The van der Waals surface area contributed by atoms with Gasteiger partial charge in [-0.15, -0.1) is 0 Å². The Kier molecular flexibility index (Phi) is 3.87. The van der Waals surface area contributed by atoms with Crippen molar-refractivity contribution >= 4 is 0 Å².